The molecule has 2 unspecified atom stereocenters. The lowest BCUT2D eigenvalue weighted by Crippen LogP contribution is -2.59. The zero-order valence-electron chi connectivity index (χ0n) is 13.4. The minimum absolute atomic E-state index is 0.311. The number of esters is 1. The van der Waals surface area contributed by atoms with Crippen molar-refractivity contribution in [2.45, 2.75) is 56.3 Å². The summed E-state index contributed by atoms with van der Waals surface area (Å²) < 4.78 is 41.4. The Morgan fingerprint density at radius 1 is 1.29 bits per heavy atom. The molecule has 0 N–H and O–H groups in total. The third-order valence-corrected chi connectivity index (χ3v) is 5.93. The van der Waals surface area contributed by atoms with E-state index in [1.807, 2.05) is 6.92 Å². The Kier molecular flexibility index (Phi) is 5.10. The van der Waals surface area contributed by atoms with E-state index in [0.29, 0.717) is 37.7 Å². The van der Waals surface area contributed by atoms with Crippen molar-refractivity contribution in [2.24, 2.45) is 17.3 Å². The van der Waals surface area contributed by atoms with Crippen LogP contribution >= 0.6 is 12.0 Å². The molecular formula is C15H21F2O6S-. The molecule has 4 rings (SSSR count). The summed E-state index contributed by atoms with van der Waals surface area (Å²) in [6.45, 7) is 1.35. The highest BCUT2D eigenvalue weighted by molar-refractivity contribution is 7.95. The maximum atomic E-state index is 13.5. The summed E-state index contributed by atoms with van der Waals surface area (Å²) in [4.78, 5) is 12.6. The van der Waals surface area contributed by atoms with Gasteiger partial charge in [-0.1, -0.05) is 0 Å². The van der Waals surface area contributed by atoms with Crippen LogP contribution in [0.25, 0.3) is 0 Å². The van der Waals surface area contributed by atoms with Crippen molar-refractivity contribution < 1.29 is 37.7 Å². The zero-order valence-corrected chi connectivity index (χ0v) is 14.2. The van der Waals surface area contributed by atoms with Gasteiger partial charge in [-0.05, 0) is 57.3 Å². The van der Waals surface area contributed by atoms with Crippen molar-refractivity contribution in [1.29, 1.82) is 0 Å². The van der Waals surface area contributed by atoms with Crippen LogP contribution in [0.2, 0.25) is 0 Å². The summed E-state index contributed by atoms with van der Waals surface area (Å²) in [7, 11) is 0. The number of carbonyl (C=O) groups is 1. The van der Waals surface area contributed by atoms with E-state index in [4.69, 9.17) is 9.47 Å². The van der Waals surface area contributed by atoms with Crippen LogP contribution in [0.4, 0.5) is 8.78 Å². The van der Waals surface area contributed by atoms with Crippen LogP contribution in [-0.2, 0) is 23.6 Å². The molecule has 9 heteroatoms. The molecule has 0 amide bonds. The van der Waals surface area contributed by atoms with Crippen LogP contribution < -0.4 is 5.26 Å². The Bertz CT molecular complexity index is 475. The minimum Gasteiger partial charge on any atom is -0.691 e. The maximum absolute atomic E-state index is 13.5. The van der Waals surface area contributed by atoms with Crippen LogP contribution in [-0.4, -0.2) is 30.0 Å². The van der Waals surface area contributed by atoms with E-state index in [-0.39, 0.29) is 5.60 Å². The highest BCUT2D eigenvalue weighted by Gasteiger charge is 2.62. The van der Waals surface area contributed by atoms with Gasteiger partial charge in [-0.25, -0.2) is 0 Å². The highest BCUT2D eigenvalue weighted by atomic mass is 32.2. The van der Waals surface area contributed by atoms with Gasteiger partial charge < -0.3 is 14.7 Å². The number of rotatable bonds is 8. The fourth-order valence-electron chi connectivity index (χ4n) is 5.28. The Morgan fingerprint density at radius 3 is 2.54 bits per heavy atom. The zero-order chi connectivity index (χ0) is 17.4. The average Bonchev–Trinajstić information content (AvgIpc) is 2.49. The van der Waals surface area contributed by atoms with E-state index >= 15 is 0 Å². The summed E-state index contributed by atoms with van der Waals surface area (Å²) in [6.07, 6.45) is 4.84. The third-order valence-electron chi connectivity index (χ3n) is 5.45. The predicted octanol–water partition coefficient (Wildman–Crippen LogP) is 2.37. The maximum Gasteiger partial charge on any atom is 0.354 e. The van der Waals surface area contributed by atoms with Gasteiger partial charge >= 0.3 is 11.2 Å². The minimum atomic E-state index is -3.54. The summed E-state index contributed by atoms with van der Waals surface area (Å²) >= 11 is -0.465. The van der Waals surface area contributed by atoms with Gasteiger partial charge in [-0.2, -0.15) is 13.1 Å². The molecule has 2 atom stereocenters. The Morgan fingerprint density at radius 2 is 1.96 bits per heavy atom. The average molecular weight is 367 g/mol. The highest BCUT2D eigenvalue weighted by Crippen LogP contribution is 2.63. The molecule has 4 aliphatic rings. The monoisotopic (exact) mass is 367 g/mol. The molecule has 6 nitrogen and oxygen atoms in total. The van der Waals surface area contributed by atoms with Gasteiger partial charge in [-0.3, -0.25) is 9.83 Å². The topological polar surface area (TPSA) is 77.1 Å². The lowest BCUT2D eigenvalue weighted by Gasteiger charge is -2.60. The van der Waals surface area contributed by atoms with Crippen molar-refractivity contribution in [2.75, 3.05) is 13.2 Å². The fourth-order valence-corrected chi connectivity index (χ4v) is 5.52. The summed E-state index contributed by atoms with van der Waals surface area (Å²) in [5, 5.41) is 9.00. The first kappa shape index (κ1) is 18.3. The molecule has 4 bridgehead atoms. The van der Waals surface area contributed by atoms with Crippen molar-refractivity contribution >= 4 is 18.0 Å². The van der Waals surface area contributed by atoms with Crippen LogP contribution in [0.3, 0.4) is 0 Å². The number of hydrogen-bond acceptors (Lipinski definition) is 7. The van der Waals surface area contributed by atoms with Crippen molar-refractivity contribution in [1.82, 2.24) is 0 Å². The Hall–Kier alpha value is -0.480. The normalized spacial score (nSPS) is 37.7. The SMILES string of the molecule is CCOC12CC3CC(C1)CC(C(=O)OCC(F)(F)SOO[O-])(C3)C2. The number of ether oxygens (including phenoxy) is 2. The van der Waals surface area contributed by atoms with E-state index in [1.54, 1.807) is 0 Å². The summed E-state index contributed by atoms with van der Waals surface area (Å²) in [5.74, 6) is 0.179. The molecule has 4 fully saturated rings. The van der Waals surface area contributed by atoms with Crippen LogP contribution in [0.15, 0.2) is 0 Å². The first-order valence-corrected chi connectivity index (χ1v) is 8.89. The molecule has 0 aromatic rings. The molecule has 138 valence electrons. The second-order valence-electron chi connectivity index (χ2n) is 7.29. The van der Waals surface area contributed by atoms with Crippen molar-refractivity contribution in [3.8, 4) is 0 Å². The van der Waals surface area contributed by atoms with Crippen LogP contribution in [0.1, 0.15) is 45.4 Å². The quantitative estimate of drug-likeness (QED) is 0.282. The molecule has 0 radical (unpaired) electrons. The number of halogens is 2. The molecular weight excluding hydrogens is 346 g/mol. The first-order valence-electron chi connectivity index (χ1n) is 8.15. The van der Waals surface area contributed by atoms with E-state index in [0.717, 1.165) is 19.3 Å². The first-order chi connectivity index (χ1) is 11.3. The number of alkyl halides is 2. The van der Waals surface area contributed by atoms with E-state index in [9.17, 15) is 18.8 Å². The summed E-state index contributed by atoms with van der Waals surface area (Å²) in [6, 6.07) is 0. The van der Waals surface area contributed by atoms with Crippen LogP contribution in [0.5, 0.6) is 0 Å². The number of hydrogen-bond donors (Lipinski definition) is 0. The Balaban J connectivity index is 1.66. The lowest BCUT2D eigenvalue weighted by molar-refractivity contribution is -0.777. The third kappa shape index (κ3) is 3.55. The standard InChI is InChI=1S/C15H22F2O6S/c1-2-21-14-6-10-3-11(7-14)5-13(4-10,8-14)12(18)20-9-15(16,17)24-23-22-19/h10-11,19H,2-9H2,1H3/p-1. The molecule has 0 spiro atoms. The van der Waals surface area contributed by atoms with Gasteiger partial charge in [0.25, 0.3) is 0 Å². The molecule has 4 saturated carbocycles. The second-order valence-corrected chi connectivity index (χ2v) is 8.19. The van der Waals surface area contributed by atoms with Gasteiger partial charge in [0, 0.05) is 6.61 Å². The lowest BCUT2D eigenvalue weighted by atomic mass is 9.48. The summed E-state index contributed by atoms with van der Waals surface area (Å²) in [5.41, 5.74) is -1.04. The fraction of sp³-hybridized carbons (Fsp3) is 0.933. The van der Waals surface area contributed by atoms with E-state index in [1.165, 1.54) is 0 Å². The van der Waals surface area contributed by atoms with Crippen LogP contribution in [0, 0.1) is 17.3 Å². The second kappa shape index (κ2) is 6.68. The number of carbonyl (C=O) groups excluding carboxylic acids is 1. The van der Waals surface area contributed by atoms with Gasteiger partial charge in [0.15, 0.2) is 6.61 Å². The van der Waals surface area contributed by atoms with Gasteiger partial charge in [-0.15, -0.1) is 0 Å². The molecule has 0 heterocycles. The smallest absolute Gasteiger partial charge is 0.354 e. The predicted molar refractivity (Wildman–Crippen MR) is 77.1 cm³/mol. The molecule has 0 saturated heterocycles. The van der Waals surface area contributed by atoms with Gasteiger partial charge in [0.05, 0.1) is 11.0 Å². The molecule has 4 aliphatic carbocycles. The molecule has 24 heavy (non-hydrogen) atoms. The van der Waals surface area contributed by atoms with E-state index < -0.39 is 35.3 Å². The van der Waals surface area contributed by atoms with Gasteiger partial charge in [0.2, 0.25) is 0 Å². The molecule has 0 aromatic carbocycles. The molecule has 0 aromatic heterocycles. The van der Waals surface area contributed by atoms with Crippen molar-refractivity contribution in [3.05, 3.63) is 0 Å². The molecule has 0 aliphatic heterocycles. The van der Waals surface area contributed by atoms with E-state index in [2.05, 4.69) is 9.37 Å². The largest absolute Gasteiger partial charge is 0.691 e. The van der Waals surface area contributed by atoms with Gasteiger partial charge in [0.1, 0.15) is 12.0 Å². The van der Waals surface area contributed by atoms with Crippen molar-refractivity contribution in [3.63, 3.8) is 0 Å². The Labute approximate surface area is 143 Å².